The van der Waals surface area contributed by atoms with Crippen LogP contribution >= 0.6 is 0 Å². The molecule has 4 rings (SSSR count). The molecule has 0 aliphatic heterocycles. The van der Waals surface area contributed by atoms with Crippen LogP contribution in [-0.4, -0.2) is 27.4 Å². The third kappa shape index (κ3) is 4.31. The monoisotopic (exact) mass is 390 g/mol. The van der Waals surface area contributed by atoms with E-state index in [9.17, 15) is 9.59 Å². The Labute approximate surface area is 170 Å². The van der Waals surface area contributed by atoms with Gasteiger partial charge in [-0.05, 0) is 62.1 Å². The molecule has 1 saturated carbocycles. The van der Waals surface area contributed by atoms with Crippen molar-refractivity contribution < 1.29 is 9.59 Å². The van der Waals surface area contributed by atoms with Gasteiger partial charge < -0.3 is 15.2 Å². The average Bonchev–Trinajstić information content (AvgIpc) is 3.18. The van der Waals surface area contributed by atoms with Crippen molar-refractivity contribution in [3.8, 4) is 0 Å². The number of carbonyl (C=O) groups excluding carboxylic acids is 2. The maximum atomic E-state index is 12.7. The molecule has 3 aromatic rings. The number of nitrogens with one attached hydrogen (secondary N) is 2. The van der Waals surface area contributed by atoms with Gasteiger partial charge in [-0.25, -0.2) is 4.98 Å². The van der Waals surface area contributed by atoms with Crippen LogP contribution in [0, 0.1) is 0 Å². The first-order valence-corrected chi connectivity index (χ1v) is 10.3. The van der Waals surface area contributed by atoms with Crippen LogP contribution in [0.5, 0.6) is 0 Å². The molecule has 2 amide bonds. The molecule has 2 aromatic heterocycles. The zero-order valence-corrected chi connectivity index (χ0v) is 16.6. The van der Waals surface area contributed by atoms with E-state index in [4.69, 9.17) is 0 Å². The minimum Gasteiger partial charge on any atom is -0.349 e. The predicted molar refractivity (Wildman–Crippen MR) is 114 cm³/mol. The molecule has 0 saturated heterocycles. The van der Waals surface area contributed by atoms with E-state index in [2.05, 4.69) is 38.5 Å². The number of aromatic nitrogens is 2. The fraction of sp³-hybridized carbons (Fsp3) is 0.348. The van der Waals surface area contributed by atoms with Crippen molar-refractivity contribution in [3.63, 3.8) is 0 Å². The maximum absolute atomic E-state index is 12.7. The number of benzene rings is 1. The van der Waals surface area contributed by atoms with E-state index in [0.29, 0.717) is 23.7 Å². The number of hydrogen-bond donors (Lipinski definition) is 2. The quantitative estimate of drug-likeness (QED) is 0.682. The first-order valence-electron chi connectivity index (χ1n) is 10.3. The Morgan fingerprint density at radius 1 is 1.10 bits per heavy atom. The van der Waals surface area contributed by atoms with E-state index >= 15 is 0 Å². The molecule has 150 valence electrons. The van der Waals surface area contributed by atoms with E-state index in [0.717, 1.165) is 36.7 Å². The first-order chi connectivity index (χ1) is 14.1. The summed E-state index contributed by atoms with van der Waals surface area (Å²) in [5.41, 5.74) is 2.26. The largest absolute Gasteiger partial charge is 0.349 e. The van der Waals surface area contributed by atoms with Gasteiger partial charge in [-0.2, -0.15) is 0 Å². The molecule has 1 fully saturated rings. The van der Waals surface area contributed by atoms with Gasteiger partial charge in [0.05, 0.1) is 0 Å². The maximum Gasteiger partial charge on any atom is 0.251 e. The van der Waals surface area contributed by atoms with Gasteiger partial charge >= 0.3 is 0 Å². The van der Waals surface area contributed by atoms with Gasteiger partial charge in [0.1, 0.15) is 5.65 Å². The molecule has 0 spiro atoms. The Hall–Kier alpha value is -3.15. The van der Waals surface area contributed by atoms with Gasteiger partial charge in [-0.1, -0.05) is 13.0 Å². The van der Waals surface area contributed by atoms with Crippen molar-refractivity contribution in [2.24, 2.45) is 0 Å². The van der Waals surface area contributed by atoms with Crippen LogP contribution in [0.15, 0.2) is 54.9 Å². The predicted octanol–water partition coefficient (Wildman–Crippen LogP) is 4.30. The fourth-order valence-corrected chi connectivity index (χ4v) is 4.04. The van der Waals surface area contributed by atoms with Crippen LogP contribution < -0.4 is 10.6 Å². The van der Waals surface area contributed by atoms with Gasteiger partial charge in [0.2, 0.25) is 5.91 Å². The lowest BCUT2D eigenvalue weighted by Gasteiger charge is -2.30. The Morgan fingerprint density at radius 3 is 2.72 bits per heavy atom. The molecule has 0 bridgehead atoms. The lowest BCUT2D eigenvalue weighted by molar-refractivity contribution is -0.115. The van der Waals surface area contributed by atoms with Crippen LogP contribution in [0.1, 0.15) is 55.4 Å². The minimum atomic E-state index is -0.0888. The highest BCUT2D eigenvalue weighted by atomic mass is 16.2. The number of pyridine rings is 1. The molecule has 2 heterocycles. The first kappa shape index (κ1) is 19.2. The number of fused-ring (bicyclic) bond motifs is 1. The summed E-state index contributed by atoms with van der Waals surface area (Å²) in [6.45, 7) is 1.80. The molecule has 0 radical (unpaired) electrons. The summed E-state index contributed by atoms with van der Waals surface area (Å²) in [7, 11) is 0. The third-order valence-electron chi connectivity index (χ3n) is 5.63. The van der Waals surface area contributed by atoms with Crippen LogP contribution in [0.2, 0.25) is 0 Å². The van der Waals surface area contributed by atoms with E-state index in [1.54, 1.807) is 31.2 Å². The number of anilines is 1. The number of rotatable bonds is 5. The molecule has 0 unspecified atom stereocenters. The Kier molecular flexibility index (Phi) is 5.60. The second-order valence-corrected chi connectivity index (χ2v) is 7.60. The summed E-state index contributed by atoms with van der Waals surface area (Å²) < 4.78 is 2.27. The Balaban J connectivity index is 1.35. The standard InChI is InChI=1S/C23H26N4O2/c1-2-21(28)25-19-7-3-5-17(15-19)23(29)26-18-8-10-20(11-9-18)27-14-12-16-6-4-13-24-22(16)27/h3-7,12-15,18,20H,2,8-11H2,1H3,(H,25,28)(H,26,29). The van der Waals surface area contributed by atoms with Crippen LogP contribution in [0.3, 0.4) is 0 Å². The molecule has 1 aliphatic carbocycles. The zero-order chi connectivity index (χ0) is 20.2. The molecule has 1 aliphatic rings. The number of carbonyl (C=O) groups is 2. The van der Waals surface area contributed by atoms with E-state index < -0.39 is 0 Å². The highest BCUT2D eigenvalue weighted by molar-refractivity contribution is 5.97. The molecule has 6 nitrogen and oxygen atoms in total. The Bertz CT molecular complexity index is 1020. The second kappa shape index (κ2) is 8.47. The molecule has 1 aromatic carbocycles. The van der Waals surface area contributed by atoms with Gasteiger partial charge in [-0.3, -0.25) is 9.59 Å². The molecule has 29 heavy (non-hydrogen) atoms. The summed E-state index contributed by atoms with van der Waals surface area (Å²) in [6, 6.07) is 13.8. The van der Waals surface area contributed by atoms with Crippen molar-refractivity contribution in [1.82, 2.24) is 14.9 Å². The van der Waals surface area contributed by atoms with Crippen molar-refractivity contribution in [2.45, 2.75) is 51.1 Å². The summed E-state index contributed by atoms with van der Waals surface area (Å²) in [6.07, 6.45) is 8.27. The van der Waals surface area contributed by atoms with Crippen molar-refractivity contribution in [3.05, 3.63) is 60.4 Å². The summed E-state index contributed by atoms with van der Waals surface area (Å²) >= 11 is 0. The van der Waals surface area contributed by atoms with Gasteiger partial charge in [0.25, 0.3) is 5.91 Å². The van der Waals surface area contributed by atoms with Crippen molar-refractivity contribution in [1.29, 1.82) is 0 Å². The highest BCUT2D eigenvalue weighted by Gasteiger charge is 2.24. The molecule has 2 N–H and O–H groups in total. The lowest BCUT2D eigenvalue weighted by atomic mass is 9.90. The average molecular weight is 390 g/mol. The van der Waals surface area contributed by atoms with Gasteiger partial charge in [0.15, 0.2) is 0 Å². The number of amides is 2. The SMILES string of the molecule is CCC(=O)Nc1cccc(C(=O)NC2CCC(n3ccc4cccnc43)CC2)c1. The number of nitrogens with zero attached hydrogens (tertiary/aromatic N) is 2. The van der Waals surface area contributed by atoms with E-state index in [1.165, 1.54) is 0 Å². The van der Waals surface area contributed by atoms with Crippen molar-refractivity contribution >= 4 is 28.5 Å². The highest BCUT2D eigenvalue weighted by Crippen LogP contribution is 2.31. The smallest absolute Gasteiger partial charge is 0.251 e. The summed E-state index contributed by atoms with van der Waals surface area (Å²) in [4.78, 5) is 28.8. The van der Waals surface area contributed by atoms with E-state index in [-0.39, 0.29) is 17.9 Å². The van der Waals surface area contributed by atoms with Crippen LogP contribution in [0.4, 0.5) is 5.69 Å². The molecular weight excluding hydrogens is 364 g/mol. The fourth-order valence-electron chi connectivity index (χ4n) is 4.04. The molecular formula is C23H26N4O2. The summed E-state index contributed by atoms with van der Waals surface area (Å²) in [5.74, 6) is -0.151. The van der Waals surface area contributed by atoms with Crippen molar-refractivity contribution in [2.75, 3.05) is 5.32 Å². The van der Waals surface area contributed by atoms with E-state index in [1.807, 2.05) is 12.3 Å². The Morgan fingerprint density at radius 2 is 1.93 bits per heavy atom. The van der Waals surface area contributed by atoms with Crippen LogP contribution in [0.25, 0.3) is 11.0 Å². The topological polar surface area (TPSA) is 76.0 Å². The van der Waals surface area contributed by atoms with Gasteiger partial charge in [-0.15, -0.1) is 0 Å². The molecule has 6 heteroatoms. The van der Waals surface area contributed by atoms with Gasteiger partial charge in [0, 0.05) is 47.5 Å². The minimum absolute atomic E-state index is 0.0621. The van der Waals surface area contributed by atoms with Crippen LogP contribution in [-0.2, 0) is 4.79 Å². The molecule has 0 atom stereocenters. The third-order valence-corrected chi connectivity index (χ3v) is 5.63. The zero-order valence-electron chi connectivity index (χ0n) is 16.6. The lowest BCUT2D eigenvalue weighted by Crippen LogP contribution is -2.38. The second-order valence-electron chi connectivity index (χ2n) is 7.60. The number of hydrogen-bond acceptors (Lipinski definition) is 3. The normalized spacial score (nSPS) is 19.1. The summed E-state index contributed by atoms with van der Waals surface area (Å²) in [5, 5.41) is 7.12.